The van der Waals surface area contributed by atoms with Crippen LogP contribution in [0.1, 0.15) is 34.7 Å². The van der Waals surface area contributed by atoms with Crippen molar-refractivity contribution in [3.05, 3.63) is 41.6 Å². The third-order valence-electron chi connectivity index (χ3n) is 3.55. The van der Waals surface area contributed by atoms with E-state index in [9.17, 15) is 14.4 Å². The molecule has 2 aromatic rings. The Kier molecular flexibility index (Phi) is 3.02. The maximum atomic E-state index is 12.0. The van der Waals surface area contributed by atoms with Crippen LogP contribution < -0.4 is 5.32 Å². The molecule has 1 saturated heterocycles. The number of rotatable bonds is 2. The number of hydrogen-bond acceptors (Lipinski definition) is 4. The number of benzene rings is 1. The van der Waals surface area contributed by atoms with Crippen LogP contribution in [0.2, 0.25) is 0 Å². The van der Waals surface area contributed by atoms with E-state index in [4.69, 9.17) is 0 Å². The molecule has 1 aromatic heterocycles. The quantitative estimate of drug-likeness (QED) is 0.662. The highest BCUT2D eigenvalue weighted by molar-refractivity contribution is 6.03. The first-order valence-electron chi connectivity index (χ1n) is 6.36. The van der Waals surface area contributed by atoms with Crippen molar-refractivity contribution in [2.24, 2.45) is 0 Å². The molecule has 0 bridgehead atoms. The summed E-state index contributed by atoms with van der Waals surface area (Å²) >= 11 is 0. The minimum Gasteiger partial charge on any atom is -0.298 e. The average molecular weight is 268 g/mol. The highest BCUT2D eigenvalue weighted by atomic mass is 16.2. The van der Waals surface area contributed by atoms with Crippen LogP contribution >= 0.6 is 0 Å². The molecule has 100 valence electrons. The van der Waals surface area contributed by atoms with Gasteiger partial charge in [0, 0.05) is 23.6 Å². The molecule has 1 atom stereocenters. The van der Waals surface area contributed by atoms with E-state index in [0.29, 0.717) is 18.4 Å². The summed E-state index contributed by atoms with van der Waals surface area (Å²) in [5.41, 5.74) is 2.08. The molecule has 1 N–H and O–H groups in total. The minimum atomic E-state index is -0.375. The number of carbonyl (C=O) groups is 3. The summed E-state index contributed by atoms with van der Waals surface area (Å²) in [4.78, 5) is 38.3. The van der Waals surface area contributed by atoms with Gasteiger partial charge in [-0.05, 0) is 36.2 Å². The van der Waals surface area contributed by atoms with E-state index in [1.165, 1.54) is 0 Å². The van der Waals surface area contributed by atoms with Crippen LogP contribution in [0.5, 0.6) is 0 Å². The van der Waals surface area contributed by atoms with Crippen LogP contribution in [0.3, 0.4) is 0 Å². The van der Waals surface area contributed by atoms with E-state index < -0.39 is 0 Å². The number of fused-ring (bicyclic) bond motifs is 1. The lowest BCUT2D eigenvalue weighted by atomic mass is 9.88. The maximum absolute atomic E-state index is 12.0. The number of amides is 2. The molecule has 20 heavy (non-hydrogen) atoms. The minimum absolute atomic E-state index is 0.238. The largest absolute Gasteiger partial charge is 0.298 e. The molecule has 1 aromatic carbocycles. The lowest BCUT2D eigenvalue weighted by molar-refractivity contribution is -0.134. The number of carbonyl (C=O) groups excluding carboxylic acids is 3. The summed E-state index contributed by atoms with van der Waals surface area (Å²) in [7, 11) is 0. The Labute approximate surface area is 115 Å². The Morgan fingerprint density at radius 2 is 2.10 bits per heavy atom. The van der Waals surface area contributed by atoms with Crippen molar-refractivity contribution in [2.45, 2.75) is 18.8 Å². The van der Waals surface area contributed by atoms with E-state index in [1.54, 1.807) is 30.5 Å². The van der Waals surface area contributed by atoms with Crippen LogP contribution in [0.4, 0.5) is 0 Å². The number of nitrogens with zero attached hydrogens (tertiary/aromatic N) is 1. The first-order valence-corrected chi connectivity index (χ1v) is 6.36. The number of pyridine rings is 1. The third kappa shape index (κ3) is 2.07. The summed E-state index contributed by atoms with van der Waals surface area (Å²) in [5.74, 6) is -0.899. The predicted molar refractivity (Wildman–Crippen MR) is 72.3 cm³/mol. The number of piperidine rings is 1. The van der Waals surface area contributed by atoms with Gasteiger partial charge < -0.3 is 0 Å². The molecule has 2 amide bonds. The molecule has 5 nitrogen and oxygen atoms in total. The first kappa shape index (κ1) is 12.5. The van der Waals surface area contributed by atoms with Crippen molar-refractivity contribution in [1.82, 2.24) is 10.3 Å². The second kappa shape index (κ2) is 4.85. The van der Waals surface area contributed by atoms with Gasteiger partial charge in [-0.2, -0.15) is 0 Å². The van der Waals surface area contributed by atoms with Gasteiger partial charge in [0.15, 0.2) is 0 Å². The molecule has 1 fully saturated rings. The first-order chi connectivity index (χ1) is 9.69. The van der Waals surface area contributed by atoms with Gasteiger partial charge in [-0.25, -0.2) is 0 Å². The van der Waals surface area contributed by atoms with Crippen LogP contribution in [-0.2, 0) is 9.59 Å². The van der Waals surface area contributed by atoms with E-state index >= 15 is 0 Å². The Bertz CT molecular complexity index is 724. The molecule has 3 rings (SSSR count). The Balaban J connectivity index is 2.13. The van der Waals surface area contributed by atoms with Crippen molar-refractivity contribution < 1.29 is 14.4 Å². The molecule has 5 heteroatoms. The molecule has 1 unspecified atom stereocenters. The van der Waals surface area contributed by atoms with Gasteiger partial charge in [-0.15, -0.1) is 0 Å². The zero-order chi connectivity index (χ0) is 14.1. The van der Waals surface area contributed by atoms with Crippen LogP contribution in [0.25, 0.3) is 10.9 Å². The van der Waals surface area contributed by atoms with E-state index in [1.807, 2.05) is 0 Å². The van der Waals surface area contributed by atoms with Crippen molar-refractivity contribution in [2.75, 3.05) is 0 Å². The number of aromatic nitrogens is 1. The fraction of sp³-hybridized carbons (Fsp3) is 0.200. The maximum Gasteiger partial charge on any atom is 0.234 e. The molecule has 0 radical (unpaired) electrons. The Morgan fingerprint density at radius 1 is 1.25 bits per heavy atom. The smallest absolute Gasteiger partial charge is 0.234 e. The monoisotopic (exact) mass is 268 g/mol. The van der Waals surface area contributed by atoms with E-state index in [0.717, 1.165) is 22.8 Å². The topological polar surface area (TPSA) is 76.1 Å². The molecule has 1 aliphatic heterocycles. The standard InChI is InChI=1S/C15H12N2O3/c18-8-9-1-3-13-12(7-9)10(5-6-16-13)11-2-4-14(19)17-15(11)20/h1,3,5-8,11H,2,4H2,(H,17,19,20). The zero-order valence-corrected chi connectivity index (χ0v) is 10.6. The number of hydrogen-bond donors (Lipinski definition) is 1. The van der Waals surface area contributed by atoms with Crippen molar-refractivity contribution in [3.8, 4) is 0 Å². The normalized spacial score (nSPS) is 18.9. The Morgan fingerprint density at radius 3 is 2.85 bits per heavy atom. The van der Waals surface area contributed by atoms with Crippen molar-refractivity contribution in [1.29, 1.82) is 0 Å². The molecular weight excluding hydrogens is 256 g/mol. The van der Waals surface area contributed by atoms with Gasteiger partial charge in [0.05, 0.1) is 11.4 Å². The molecule has 0 aliphatic carbocycles. The zero-order valence-electron chi connectivity index (χ0n) is 10.6. The van der Waals surface area contributed by atoms with Gasteiger partial charge in [-0.3, -0.25) is 24.7 Å². The van der Waals surface area contributed by atoms with Gasteiger partial charge in [-0.1, -0.05) is 0 Å². The summed E-state index contributed by atoms with van der Waals surface area (Å²) < 4.78 is 0. The summed E-state index contributed by atoms with van der Waals surface area (Å²) in [5, 5.41) is 3.14. The average Bonchev–Trinajstić information content (AvgIpc) is 2.46. The van der Waals surface area contributed by atoms with Crippen molar-refractivity contribution in [3.63, 3.8) is 0 Å². The SMILES string of the molecule is O=Cc1ccc2nccc(C3CCC(=O)NC3=O)c2c1. The van der Waals surface area contributed by atoms with Crippen LogP contribution in [0, 0.1) is 0 Å². The second-order valence-corrected chi connectivity index (χ2v) is 4.80. The van der Waals surface area contributed by atoms with E-state index in [2.05, 4.69) is 10.3 Å². The summed E-state index contributed by atoms with van der Waals surface area (Å²) in [6.45, 7) is 0. The lowest BCUT2D eigenvalue weighted by Crippen LogP contribution is -2.39. The molecule has 1 aliphatic rings. The van der Waals surface area contributed by atoms with Crippen LogP contribution in [0.15, 0.2) is 30.5 Å². The fourth-order valence-corrected chi connectivity index (χ4v) is 2.55. The molecule has 0 saturated carbocycles. The lowest BCUT2D eigenvalue weighted by Gasteiger charge is -2.22. The van der Waals surface area contributed by atoms with Gasteiger partial charge in [0.25, 0.3) is 0 Å². The van der Waals surface area contributed by atoms with Crippen molar-refractivity contribution >= 4 is 29.0 Å². The summed E-state index contributed by atoms with van der Waals surface area (Å²) in [6, 6.07) is 6.95. The number of aldehydes is 1. The number of nitrogens with one attached hydrogen (secondary N) is 1. The fourth-order valence-electron chi connectivity index (χ4n) is 2.55. The predicted octanol–water partition coefficient (Wildman–Crippen LogP) is 1.57. The van der Waals surface area contributed by atoms with Gasteiger partial charge >= 0.3 is 0 Å². The summed E-state index contributed by atoms with van der Waals surface area (Å²) in [6.07, 6.45) is 3.21. The molecular formula is C15H12N2O3. The van der Waals surface area contributed by atoms with Crippen LogP contribution in [-0.4, -0.2) is 23.1 Å². The second-order valence-electron chi connectivity index (χ2n) is 4.80. The molecule has 2 heterocycles. The number of imide groups is 1. The Hall–Kier alpha value is -2.56. The molecule has 0 spiro atoms. The van der Waals surface area contributed by atoms with Gasteiger partial charge in [0.2, 0.25) is 11.8 Å². The van der Waals surface area contributed by atoms with E-state index in [-0.39, 0.29) is 17.7 Å². The highest BCUT2D eigenvalue weighted by Crippen LogP contribution is 2.30. The van der Waals surface area contributed by atoms with Gasteiger partial charge in [0.1, 0.15) is 6.29 Å². The third-order valence-corrected chi connectivity index (χ3v) is 3.55. The highest BCUT2D eigenvalue weighted by Gasteiger charge is 2.29.